The van der Waals surface area contributed by atoms with E-state index in [2.05, 4.69) is 15.6 Å². The van der Waals surface area contributed by atoms with Crippen LogP contribution in [0.4, 0.5) is 0 Å². The molecule has 1 aliphatic heterocycles. The first-order chi connectivity index (χ1) is 9.54. The van der Waals surface area contributed by atoms with Gasteiger partial charge < -0.3 is 4.57 Å². The molecule has 0 saturated carbocycles. The van der Waals surface area contributed by atoms with Gasteiger partial charge in [0.05, 0.1) is 23.6 Å². The SMILES string of the molecule is CS(=O)(=O)N1CCCC(Cn2cnc3ccccc32)C1. The number of nitrogens with zero attached hydrogens (tertiary/aromatic N) is 3. The van der Waals surface area contributed by atoms with Gasteiger partial charge in [-0.25, -0.2) is 17.7 Å². The first-order valence-electron chi connectivity index (χ1n) is 6.89. The molecule has 0 N–H and O–H groups in total. The van der Waals surface area contributed by atoms with Crippen molar-refractivity contribution in [3.05, 3.63) is 30.6 Å². The molecule has 0 amide bonds. The highest BCUT2D eigenvalue weighted by Gasteiger charge is 2.26. The number of piperidine rings is 1. The van der Waals surface area contributed by atoms with Crippen LogP contribution >= 0.6 is 0 Å². The van der Waals surface area contributed by atoms with E-state index in [0.29, 0.717) is 19.0 Å². The van der Waals surface area contributed by atoms with Crippen LogP contribution in [-0.2, 0) is 16.6 Å². The molecule has 1 aliphatic rings. The largest absolute Gasteiger partial charge is 0.330 e. The molecule has 3 rings (SSSR count). The molecule has 0 spiro atoms. The number of hydrogen-bond acceptors (Lipinski definition) is 3. The van der Waals surface area contributed by atoms with Gasteiger partial charge in [-0.15, -0.1) is 0 Å². The maximum absolute atomic E-state index is 11.7. The molecule has 1 atom stereocenters. The van der Waals surface area contributed by atoms with Crippen LogP contribution in [-0.4, -0.2) is 41.6 Å². The van der Waals surface area contributed by atoms with Crippen molar-refractivity contribution in [3.63, 3.8) is 0 Å². The van der Waals surface area contributed by atoms with E-state index in [9.17, 15) is 8.42 Å². The molecule has 2 aromatic rings. The van der Waals surface area contributed by atoms with Crippen molar-refractivity contribution >= 4 is 21.1 Å². The molecule has 1 aromatic carbocycles. The lowest BCUT2D eigenvalue weighted by atomic mass is 9.99. The first kappa shape index (κ1) is 13.6. The summed E-state index contributed by atoms with van der Waals surface area (Å²) in [5.74, 6) is 0.357. The molecule has 0 bridgehead atoms. The van der Waals surface area contributed by atoms with Gasteiger partial charge >= 0.3 is 0 Å². The van der Waals surface area contributed by atoms with Gasteiger partial charge in [0.25, 0.3) is 0 Å². The summed E-state index contributed by atoms with van der Waals surface area (Å²) in [5.41, 5.74) is 2.10. The van der Waals surface area contributed by atoms with Crippen molar-refractivity contribution in [2.24, 2.45) is 5.92 Å². The van der Waals surface area contributed by atoms with Gasteiger partial charge in [0.1, 0.15) is 0 Å². The van der Waals surface area contributed by atoms with Crippen LogP contribution in [0, 0.1) is 5.92 Å². The molecule has 6 heteroatoms. The molecular formula is C14H19N3O2S. The van der Waals surface area contributed by atoms with Crippen LogP contribution in [0.1, 0.15) is 12.8 Å². The normalized spacial score (nSPS) is 21.4. The fourth-order valence-corrected chi connectivity index (χ4v) is 3.85. The van der Waals surface area contributed by atoms with E-state index in [1.54, 1.807) is 4.31 Å². The molecule has 1 aromatic heterocycles. The summed E-state index contributed by atoms with van der Waals surface area (Å²) in [6, 6.07) is 8.03. The van der Waals surface area contributed by atoms with Crippen molar-refractivity contribution in [2.45, 2.75) is 19.4 Å². The fraction of sp³-hybridized carbons (Fsp3) is 0.500. The second-order valence-electron chi connectivity index (χ2n) is 5.51. The first-order valence-corrected chi connectivity index (χ1v) is 8.74. The molecule has 2 heterocycles. The number of aromatic nitrogens is 2. The Bertz CT molecular complexity index is 708. The summed E-state index contributed by atoms with van der Waals surface area (Å²) in [7, 11) is -3.07. The minimum Gasteiger partial charge on any atom is -0.330 e. The van der Waals surface area contributed by atoms with Crippen molar-refractivity contribution in [3.8, 4) is 0 Å². The number of fused-ring (bicyclic) bond motifs is 1. The Morgan fingerprint density at radius 3 is 2.95 bits per heavy atom. The molecule has 0 aliphatic carbocycles. The number of imidazole rings is 1. The third-order valence-electron chi connectivity index (χ3n) is 3.93. The highest BCUT2D eigenvalue weighted by Crippen LogP contribution is 2.22. The lowest BCUT2D eigenvalue weighted by molar-refractivity contribution is 0.248. The smallest absolute Gasteiger partial charge is 0.211 e. The lowest BCUT2D eigenvalue weighted by Gasteiger charge is -2.31. The summed E-state index contributed by atoms with van der Waals surface area (Å²) < 4.78 is 27.0. The Morgan fingerprint density at radius 1 is 1.35 bits per heavy atom. The monoisotopic (exact) mass is 293 g/mol. The van der Waals surface area contributed by atoms with E-state index < -0.39 is 10.0 Å². The Labute approximate surface area is 119 Å². The number of sulfonamides is 1. The van der Waals surface area contributed by atoms with E-state index in [-0.39, 0.29) is 0 Å². The summed E-state index contributed by atoms with van der Waals surface area (Å²) in [6.45, 7) is 2.10. The topological polar surface area (TPSA) is 55.2 Å². The van der Waals surface area contributed by atoms with Gasteiger partial charge in [-0.2, -0.15) is 0 Å². The van der Waals surface area contributed by atoms with Crippen LogP contribution in [0.5, 0.6) is 0 Å². The molecule has 1 saturated heterocycles. The minimum absolute atomic E-state index is 0.357. The molecule has 5 nitrogen and oxygen atoms in total. The minimum atomic E-state index is -3.07. The Morgan fingerprint density at radius 2 is 2.15 bits per heavy atom. The maximum atomic E-state index is 11.7. The third-order valence-corrected chi connectivity index (χ3v) is 5.20. The van der Waals surface area contributed by atoms with Gasteiger partial charge in [0.15, 0.2) is 0 Å². The summed E-state index contributed by atoms with van der Waals surface area (Å²) >= 11 is 0. The van der Waals surface area contributed by atoms with Crippen molar-refractivity contribution < 1.29 is 8.42 Å². The van der Waals surface area contributed by atoms with Crippen molar-refractivity contribution in [1.29, 1.82) is 0 Å². The van der Waals surface area contributed by atoms with Gasteiger partial charge in [0, 0.05) is 19.6 Å². The van der Waals surface area contributed by atoms with E-state index in [4.69, 9.17) is 0 Å². The van der Waals surface area contributed by atoms with Crippen LogP contribution in [0.25, 0.3) is 11.0 Å². The summed E-state index contributed by atoms with van der Waals surface area (Å²) in [5, 5.41) is 0. The molecule has 1 unspecified atom stereocenters. The summed E-state index contributed by atoms with van der Waals surface area (Å²) in [6.07, 6.45) is 5.15. The number of rotatable bonds is 3. The molecule has 20 heavy (non-hydrogen) atoms. The Kier molecular flexibility index (Phi) is 3.52. The Hall–Kier alpha value is -1.40. The van der Waals surface area contributed by atoms with E-state index in [0.717, 1.165) is 30.4 Å². The molecule has 108 valence electrons. The van der Waals surface area contributed by atoms with Gasteiger partial charge in [-0.3, -0.25) is 0 Å². The number of para-hydroxylation sites is 2. The van der Waals surface area contributed by atoms with E-state index in [1.165, 1.54) is 6.26 Å². The standard InChI is InChI=1S/C14H19N3O2S/c1-20(18,19)17-8-4-5-12(10-17)9-16-11-15-13-6-2-3-7-14(13)16/h2-3,6-7,11-12H,4-5,8-10H2,1H3. The highest BCUT2D eigenvalue weighted by molar-refractivity contribution is 7.88. The second kappa shape index (κ2) is 5.18. The maximum Gasteiger partial charge on any atom is 0.211 e. The average Bonchev–Trinajstić information content (AvgIpc) is 2.82. The Balaban J connectivity index is 1.77. The zero-order chi connectivity index (χ0) is 14.2. The molecule has 0 radical (unpaired) electrons. The van der Waals surface area contributed by atoms with Gasteiger partial charge in [0.2, 0.25) is 10.0 Å². The van der Waals surface area contributed by atoms with E-state index in [1.807, 2.05) is 24.5 Å². The van der Waals surface area contributed by atoms with Crippen molar-refractivity contribution in [1.82, 2.24) is 13.9 Å². The highest BCUT2D eigenvalue weighted by atomic mass is 32.2. The second-order valence-corrected chi connectivity index (χ2v) is 7.50. The van der Waals surface area contributed by atoms with E-state index >= 15 is 0 Å². The zero-order valence-electron chi connectivity index (χ0n) is 11.6. The van der Waals surface area contributed by atoms with Crippen LogP contribution < -0.4 is 0 Å². The van der Waals surface area contributed by atoms with Crippen LogP contribution in [0.3, 0.4) is 0 Å². The quantitative estimate of drug-likeness (QED) is 0.865. The van der Waals surface area contributed by atoms with Crippen molar-refractivity contribution in [2.75, 3.05) is 19.3 Å². The molecular weight excluding hydrogens is 274 g/mol. The van der Waals surface area contributed by atoms with Crippen LogP contribution in [0.2, 0.25) is 0 Å². The third kappa shape index (κ3) is 2.71. The summed E-state index contributed by atoms with van der Waals surface area (Å²) in [4.78, 5) is 4.38. The van der Waals surface area contributed by atoms with Gasteiger partial charge in [-0.1, -0.05) is 12.1 Å². The predicted octanol–water partition coefficient (Wildman–Crippen LogP) is 1.71. The number of hydrogen-bond donors (Lipinski definition) is 0. The van der Waals surface area contributed by atoms with Gasteiger partial charge in [-0.05, 0) is 30.9 Å². The fourth-order valence-electron chi connectivity index (χ4n) is 2.91. The predicted molar refractivity (Wildman–Crippen MR) is 78.9 cm³/mol. The zero-order valence-corrected chi connectivity index (χ0v) is 12.4. The lowest BCUT2D eigenvalue weighted by Crippen LogP contribution is -2.40. The average molecular weight is 293 g/mol. The van der Waals surface area contributed by atoms with Crippen LogP contribution in [0.15, 0.2) is 30.6 Å². The molecule has 1 fully saturated rings. The number of benzene rings is 1.